The van der Waals surface area contributed by atoms with E-state index in [0.717, 1.165) is 29.3 Å². The number of hydrogen-bond acceptors (Lipinski definition) is 3. The van der Waals surface area contributed by atoms with E-state index < -0.39 is 0 Å². The highest BCUT2D eigenvalue weighted by Gasteiger charge is 1.97. The second-order valence-electron chi connectivity index (χ2n) is 4.19. The summed E-state index contributed by atoms with van der Waals surface area (Å²) >= 11 is 3.40. The van der Waals surface area contributed by atoms with Crippen LogP contribution in [0.1, 0.15) is 13.8 Å². The van der Waals surface area contributed by atoms with Gasteiger partial charge in [0.1, 0.15) is 12.4 Å². The molecule has 0 aliphatic rings. The Kier molecular flexibility index (Phi) is 13.7. The van der Waals surface area contributed by atoms with E-state index in [2.05, 4.69) is 31.6 Å². The Morgan fingerprint density at radius 1 is 1.14 bits per heavy atom. The number of guanidine groups is 1. The van der Waals surface area contributed by atoms with Gasteiger partial charge in [-0.3, -0.25) is 4.99 Å². The lowest BCUT2D eigenvalue weighted by Gasteiger charge is -2.12. The van der Waals surface area contributed by atoms with Crippen molar-refractivity contribution in [2.45, 2.75) is 13.8 Å². The Morgan fingerprint density at radius 3 is 2.50 bits per heavy atom. The molecule has 0 amide bonds. The first-order valence-corrected chi connectivity index (χ1v) is 8.03. The average molecular weight is 486 g/mol. The normalized spacial score (nSPS) is 10.8. The zero-order valence-electron chi connectivity index (χ0n) is 13.1. The van der Waals surface area contributed by atoms with Gasteiger partial charge in [-0.15, -0.1) is 24.0 Å². The third-order valence-electron chi connectivity index (χ3n) is 2.53. The second-order valence-corrected chi connectivity index (χ2v) is 5.10. The molecule has 5 nitrogen and oxygen atoms in total. The van der Waals surface area contributed by atoms with Gasteiger partial charge in [0, 0.05) is 17.6 Å². The predicted molar refractivity (Wildman–Crippen MR) is 106 cm³/mol. The largest absolute Gasteiger partial charge is 0.492 e. The van der Waals surface area contributed by atoms with E-state index in [1.165, 1.54) is 0 Å². The number of ether oxygens (including phenoxy) is 2. The lowest BCUT2D eigenvalue weighted by molar-refractivity contribution is 0.155. The van der Waals surface area contributed by atoms with Gasteiger partial charge in [-0.2, -0.15) is 0 Å². The summed E-state index contributed by atoms with van der Waals surface area (Å²) in [5.74, 6) is 1.65. The van der Waals surface area contributed by atoms with Crippen LogP contribution in [0.15, 0.2) is 33.7 Å². The van der Waals surface area contributed by atoms with Crippen LogP contribution < -0.4 is 15.4 Å². The van der Waals surface area contributed by atoms with Crippen molar-refractivity contribution in [2.75, 3.05) is 39.5 Å². The summed E-state index contributed by atoms with van der Waals surface area (Å²) in [5.41, 5.74) is 0. The quantitative estimate of drug-likeness (QED) is 0.244. The zero-order valence-corrected chi connectivity index (χ0v) is 17.0. The smallest absolute Gasteiger partial charge is 0.191 e. The maximum Gasteiger partial charge on any atom is 0.191 e. The summed E-state index contributed by atoms with van der Waals surface area (Å²) in [4.78, 5) is 4.41. The molecule has 0 heterocycles. The van der Waals surface area contributed by atoms with Crippen LogP contribution in [0, 0.1) is 0 Å². The molecule has 0 fully saturated rings. The SMILES string of the molecule is CCNC(=NCCOCC)NCCOc1ccc(Br)cc1.I. The van der Waals surface area contributed by atoms with Crippen LogP contribution >= 0.6 is 39.9 Å². The van der Waals surface area contributed by atoms with Gasteiger partial charge in [0.25, 0.3) is 0 Å². The molecule has 0 aliphatic carbocycles. The number of rotatable bonds is 9. The summed E-state index contributed by atoms with van der Waals surface area (Å²) in [5, 5.41) is 6.42. The van der Waals surface area contributed by atoms with Gasteiger partial charge in [-0.1, -0.05) is 15.9 Å². The molecule has 126 valence electrons. The maximum atomic E-state index is 5.64. The van der Waals surface area contributed by atoms with Crippen molar-refractivity contribution in [3.63, 3.8) is 0 Å². The van der Waals surface area contributed by atoms with Gasteiger partial charge in [0.05, 0.1) is 19.7 Å². The van der Waals surface area contributed by atoms with E-state index in [-0.39, 0.29) is 24.0 Å². The predicted octanol–water partition coefficient (Wildman–Crippen LogP) is 3.04. The number of halogens is 2. The van der Waals surface area contributed by atoms with E-state index in [1.807, 2.05) is 38.1 Å². The first-order chi connectivity index (χ1) is 10.3. The molecule has 0 saturated carbocycles. The van der Waals surface area contributed by atoms with Crippen LogP contribution in [0.2, 0.25) is 0 Å². The summed E-state index contributed by atoms with van der Waals surface area (Å²) < 4.78 is 12.0. The number of nitrogens with zero attached hydrogens (tertiary/aromatic N) is 1. The Labute approximate surface area is 158 Å². The molecule has 0 saturated heterocycles. The van der Waals surface area contributed by atoms with E-state index >= 15 is 0 Å². The highest BCUT2D eigenvalue weighted by molar-refractivity contribution is 14.0. The molecule has 1 aromatic rings. The molecule has 0 aromatic heterocycles. The van der Waals surface area contributed by atoms with Crippen LogP contribution in [-0.4, -0.2) is 45.4 Å². The molecule has 1 aromatic carbocycles. The topological polar surface area (TPSA) is 54.9 Å². The zero-order chi connectivity index (χ0) is 15.3. The molecule has 2 N–H and O–H groups in total. The Hall–Kier alpha value is -0.540. The fourth-order valence-corrected chi connectivity index (χ4v) is 1.84. The lowest BCUT2D eigenvalue weighted by atomic mass is 10.3. The Bertz CT molecular complexity index is 416. The Balaban J connectivity index is 0.00000441. The van der Waals surface area contributed by atoms with Crippen molar-refractivity contribution in [3.05, 3.63) is 28.7 Å². The average Bonchev–Trinajstić information content (AvgIpc) is 2.49. The van der Waals surface area contributed by atoms with Gasteiger partial charge >= 0.3 is 0 Å². The molecule has 0 bridgehead atoms. The standard InChI is InChI=1S/C15H24BrN3O2.HI/c1-3-17-15(18-9-11-20-4-2)19-10-12-21-14-7-5-13(16)6-8-14;/h5-8H,3-4,9-12H2,1-2H3,(H2,17,18,19);1H. The summed E-state index contributed by atoms with van der Waals surface area (Å²) in [6.45, 7) is 8.13. The molecule has 7 heteroatoms. The van der Waals surface area contributed by atoms with Crippen LogP contribution in [0.25, 0.3) is 0 Å². The van der Waals surface area contributed by atoms with Crippen molar-refractivity contribution in [3.8, 4) is 5.75 Å². The van der Waals surface area contributed by atoms with E-state index in [0.29, 0.717) is 26.3 Å². The minimum Gasteiger partial charge on any atom is -0.492 e. The summed E-state index contributed by atoms with van der Waals surface area (Å²) in [6, 6.07) is 7.79. The van der Waals surface area contributed by atoms with E-state index in [1.54, 1.807) is 0 Å². The van der Waals surface area contributed by atoms with Gasteiger partial charge in [-0.25, -0.2) is 0 Å². The summed E-state index contributed by atoms with van der Waals surface area (Å²) in [7, 11) is 0. The van der Waals surface area contributed by atoms with Crippen molar-refractivity contribution in [2.24, 2.45) is 4.99 Å². The second kappa shape index (κ2) is 14.1. The molecule has 0 radical (unpaired) electrons. The van der Waals surface area contributed by atoms with Gasteiger partial charge in [-0.05, 0) is 38.1 Å². The molecule has 0 aliphatic heterocycles. The minimum absolute atomic E-state index is 0. The maximum absolute atomic E-state index is 5.64. The Morgan fingerprint density at radius 2 is 1.86 bits per heavy atom. The molecule has 0 unspecified atom stereocenters. The molecule has 0 atom stereocenters. The molecule has 0 spiro atoms. The van der Waals surface area contributed by atoms with Gasteiger partial charge in [0.15, 0.2) is 5.96 Å². The van der Waals surface area contributed by atoms with Crippen molar-refractivity contribution in [1.29, 1.82) is 0 Å². The van der Waals surface area contributed by atoms with Crippen LogP contribution in [0.3, 0.4) is 0 Å². The number of benzene rings is 1. The van der Waals surface area contributed by atoms with Crippen molar-refractivity contribution >= 4 is 45.9 Å². The van der Waals surface area contributed by atoms with Gasteiger partial charge in [0.2, 0.25) is 0 Å². The third kappa shape index (κ3) is 10.2. The van der Waals surface area contributed by atoms with Crippen LogP contribution in [0.5, 0.6) is 5.75 Å². The number of hydrogen-bond donors (Lipinski definition) is 2. The minimum atomic E-state index is 0. The fraction of sp³-hybridized carbons (Fsp3) is 0.533. The van der Waals surface area contributed by atoms with Crippen molar-refractivity contribution in [1.82, 2.24) is 10.6 Å². The highest BCUT2D eigenvalue weighted by Crippen LogP contribution is 2.15. The number of aliphatic imine (C=N–C) groups is 1. The lowest BCUT2D eigenvalue weighted by Crippen LogP contribution is -2.39. The molecule has 1 rings (SSSR count). The van der Waals surface area contributed by atoms with E-state index in [9.17, 15) is 0 Å². The number of nitrogens with one attached hydrogen (secondary N) is 2. The molecule has 22 heavy (non-hydrogen) atoms. The van der Waals surface area contributed by atoms with E-state index in [4.69, 9.17) is 9.47 Å². The van der Waals surface area contributed by atoms with Gasteiger partial charge < -0.3 is 20.1 Å². The first kappa shape index (κ1) is 21.5. The molecular formula is C15H25BrIN3O2. The monoisotopic (exact) mass is 485 g/mol. The fourth-order valence-electron chi connectivity index (χ4n) is 1.58. The molecular weight excluding hydrogens is 461 g/mol. The summed E-state index contributed by atoms with van der Waals surface area (Å²) in [6.07, 6.45) is 0. The van der Waals surface area contributed by atoms with Crippen molar-refractivity contribution < 1.29 is 9.47 Å². The highest BCUT2D eigenvalue weighted by atomic mass is 127. The first-order valence-electron chi connectivity index (χ1n) is 7.24. The van der Waals surface area contributed by atoms with Crippen LogP contribution in [0.4, 0.5) is 0 Å². The third-order valence-corrected chi connectivity index (χ3v) is 3.06. The van der Waals surface area contributed by atoms with Crippen LogP contribution in [-0.2, 0) is 4.74 Å².